The lowest BCUT2D eigenvalue weighted by Crippen LogP contribution is -2.20. The lowest BCUT2D eigenvalue weighted by Gasteiger charge is -2.26. The second-order valence-electron chi connectivity index (χ2n) is 17.9. The Morgan fingerprint density at radius 1 is 0.324 bits per heavy atom. The molecular formula is C64H52N2O8. The molecule has 0 spiro atoms. The van der Waals surface area contributed by atoms with Gasteiger partial charge < -0.3 is 19.3 Å². The highest BCUT2D eigenvalue weighted by atomic mass is 16.6. The molecule has 0 aliphatic heterocycles. The maximum atomic E-state index is 14.0. The number of ether oxygens (including phenoxy) is 2. The molecule has 0 atom stereocenters. The van der Waals surface area contributed by atoms with E-state index in [2.05, 4.69) is 0 Å². The quantitative estimate of drug-likeness (QED) is 0.0303. The molecule has 0 saturated heterocycles. The molecule has 10 heteroatoms. The van der Waals surface area contributed by atoms with Gasteiger partial charge in [-0.15, -0.1) is 0 Å². The van der Waals surface area contributed by atoms with Crippen molar-refractivity contribution < 1.29 is 38.2 Å². The van der Waals surface area contributed by atoms with E-state index in [-0.39, 0.29) is 41.9 Å². The van der Waals surface area contributed by atoms with Gasteiger partial charge in [0.15, 0.2) is 28.7 Å². The third-order valence-corrected chi connectivity index (χ3v) is 13.1. The summed E-state index contributed by atoms with van der Waals surface area (Å²) in [6.07, 6.45) is 0. The number of carbonyl (C=O) groups excluding carboxylic acids is 6. The van der Waals surface area contributed by atoms with E-state index in [1.54, 1.807) is 62.4 Å². The van der Waals surface area contributed by atoms with Crippen molar-refractivity contribution in [1.82, 2.24) is 0 Å². The third-order valence-electron chi connectivity index (χ3n) is 13.1. The average molecular weight is 977 g/mol. The van der Waals surface area contributed by atoms with Gasteiger partial charge in [-0.2, -0.15) is 0 Å². The number of hydrogen-bond acceptors (Lipinski definition) is 10. The maximum absolute atomic E-state index is 14.0. The average Bonchev–Trinajstić information content (AvgIpc) is 3.72. The number of hydrogen-bond donors (Lipinski definition) is 0. The van der Waals surface area contributed by atoms with E-state index in [9.17, 15) is 28.8 Å². The molecule has 366 valence electrons. The molecule has 0 N–H and O–H groups in total. The van der Waals surface area contributed by atoms with Crippen molar-refractivity contribution in [3.05, 3.63) is 221 Å². The molecule has 0 aromatic heterocycles. The largest absolute Gasteiger partial charge is 0.462 e. The van der Waals surface area contributed by atoms with E-state index in [1.807, 2.05) is 143 Å². The Morgan fingerprint density at radius 2 is 0.568 bits per heavy atom. The third kappa shape index (κ3) is 9.98. The Hall–Kier alpha value is -9.28. The Bertz CT molecular complexity index is 3170. The van der Waals surface area contributed by atoms with Gasteiger partial charge in [0.05, 0.1) is 13.2 Å². The summed E-state index contributed by atoms with van der Waals surface area (Å²) in [6.45, 7) is 9.61. The second kappa shape index (κ2) is 21.2. The fourth-order valence-electron chi connectivity index (χ4n) is 9.32. The van der Waals surface area contributed by atoms with Crippen molar-refractivity contribution in [2.75, 3.05) is 23.0 Å². The molecule has 74 heavy (non-hydrogen) atoms. The van der Waals surface area contributed by atoms with Crippen LogP contribution in [0.2, 0.25) is 0 Å². The van der Waals surface area contributed by atoms with E-state index in [1.165, 1.54) is 27.7 Å². The molecule has 8 aromatic rings. The highest BCUT2D eigenvalue weighted by Crippen LogP contribution is 2.49. The Kier molecular flexibility index (Phi) is 14.2. The molecule has 1 aliphatic rings. The molecule has 0 radical (unpaired) electrons. The van der Waals surface area contributed by atoms with Gasteiger partial charge in [0.2, 0.25) is 0 Å². The van der Waals surface area contributed by atoms with Gasteiger partial charge in [0, 0.05) is 62.0 Å². The second-order valence-corrected chi connectivity index (χ2v) is 17.9. The van der Waals surface area contributed by atoms with Crippen LogP contribution >= 0.6 is 0 Å². The summed E-state index contributed by atoms with van der Waals surface area (Å²) in [5.41, 5.74) is 14.0. The number of fused-ring (bicyclic) bond motifs is 3. The van der Waals surface area contributed by atoms with Crippen LogP contribution in [0.4, 0.5) is 34.1 Å². The number of esters is 2. The Balaban J connectivity index is 1.11. The van der Waals surface area contributed by atoms with Crippen molar-refractivity contribution in [2.24, 2.45) is 0 Å². The van der Waals surface area contributed by atoms with Gasteiger partial charge in [-0.1, -0.05) is 48.5 Å². The summed E-state index contributed by atoms with van der Waals surface area (Å²) in [5, 5.41) is 0. The van der Waals surface area contributed by atoms with Gasteiger partial charge in [-0.25, -0.2) is 9.59 Å². The van der Waals surface area contributed by atoms with Gasteiger partial charge in [-0.05, 0) is 220 Å². The zero-order valence-corrected chi connectivity index (χ0v) is 41.9. The fourth-order valence-corrected chi connectivity index (χ4v) is 9.32. The number of benzene rings is 8. The Labute approximate surface area is 430 Å². The molecule has 0 fully saturated rings. The molecule has 1 aliphatic carbocycles. The highest BCUT2D eigenvalue weighted by Gasteiger charge is 2.34. The number of anilines is 6. The first-order valence-corrected chi connectivity index (χ1v) is 24.4. The van der Waals surface area contributed by atoms with Gasteiger partial charge in [0.25, 0.3) is 0 Å². The SMILES string of the molecule is CCOC(=O)C(C(=O)OCC)=C1c2cc(-c3ccc(N(c4ccc(C(C)=O)cc4)c4ccc(C(C)=O)cc4)cc3)ccc2-c2ccc(-c3ccc(N(c4ccc(C(C)=O)cc4)c4ccc(C(C)=O)cc4)cc3)cc21. The van der Waals surface area contributed by atoms with Crippen LogP contribution in [0.5, 0.6) is 0 Å². The van der Waals surface area contributed by atoms with E-state index >= 15 is 0 Å². The molecule has 10 nitrogen and oxygen atoms in total. The number of Topliss-reactive ketones (excluding diaryl/α,β-unsaturated/α-hetero) is 4. The van der Waals surface area contributed by atoms with Crippen LogP contribution in [0.1, 0.15) is 94.1 Å². The van der Waals surface area contributed by atoms with E-state index in [0.29, 0.717) is 39.0 Å². The maximum Gasteiger partial charge on any atom is 0.346 e. The van der Waals surface area contributed by atoms with Crippen LogP contribution in [0.3, 0.4) is 0 Å². The monoisotopic (exact) mass is 976 g/mol. The van der Waals surface area contributed by atoms with E-state index in [4.69, 9.17) is 9.47 Å². The van der Waals surface area contributed by atoms with Gasteiger partial charge in [-0.3, -0.25) is 19.2 Å². The zero-order chi connectivity index (χ0) is 52.2. The molecule has 0 amide bonds. The van der Waals surface area contributed by atoms with E-state index < -0.39 is 11.9 Å². The van der Waals surface area contributed by atoms with Gasteiger partial charge >= 0.3 is 11.9 Å². The summed E-state index contributed by atoms with van der Waals surface area (Å²) >= 11 is 0. The molecule has 0 saturated carbocycles. The number of ketones is 4. The summed E-state index contributed by atoms with van der Waals surface area (Å²) in [5.74, 6) is -1.72. The van der Waals surface area contributed by atoms with Crippen molar-refractivity contribution in [2.45, 2.75) is 41.5 Å². The minimum absolute atomic E-state index is 0.0355. The minimum atomic E-state index is -0.787. The summed E-state index contributed by atoms with van der Waals surface area (Å²) in [6, 6.07) is 57.6. The van der Waals surface area contributed by atoms with E-state index in [0.717, 1.165) is 67.5 Å². The lowest BCUT2D eigenvalue weighted by atomic mass is 9.93. The fraction of sp³-hybridized carbons (Fsp3) is 0.125. The first kappa shape index (κ1) is 49.7. The van der Waals surface area contributed by atoms with Crippen LogP contribution in [0.15, 0.2) is 188 Å². The van der Waals surface area contributed by atoms with Crippen LogP contribution in [0, 0.1) is 0 Å². The van der Waals surface area contributed by atoms with Gasteiger partial charge in [0.1, 0.15) is 0 Å². The van der Waals surface area contributed by atoms with Crippen molar-refractivity contribution in [3.63, 3.8) is 0 Å². The van der Waals surface area contributed by atoms with Crippen LogP contribution < -0.4 is 9.80 Å². The predicted molar refractivity (Wildman–Crippen MR) is 291 cm³/mol. The molecule has 0 unspecified atom stereocenters. The van der Waals surface area contributed by atoms with Crippen molar-refractivity contribution >= 4 is 74.8 Å². The highest BCUT2D eigenvalue weighted by molar-refractivity contribution is 6.25. The zero-order valence-electron chi connectivity index (χ0n) is 41.9. The summed E-state index contributed by atoms with van der Waals surface area (Å²) < 4.78 is 11.1. The predicted octanol–water partition coefficient (Wildman–Crippen LogP) is 14.7. The summed E-state index contributed by atoms with van der Waals surface area (Å²) in [4.78, 5) is 80.8. The van der Waals surface area contributed by atoms with Crippen LogP contribution in [0.25, 0.3) is 39.0 Å². The molecule has 8 aromatic carbocycles. The number of rotatable bonds is 16. The topological polar surface area (TPSA) is 127 Å². The molecule has 0 bridgehead atoms. The lowest BCUT2D eigenvalue weighted by molar-refractivity contribution is -0.146. The smallest absolute Gasteiger partial charge is 0.346 e. The van der Waals surface area contributed by atoms with Crippen molar-refractivity contribution in [1.29, 1.82) is 0 Å². The van der Waals surface area contributed by atoms with Crippen molar-refractivity contribution in [3.8, 4) is 33.4 Å². The Morgan fingerprint density at radius 3 is 0.811 bits per heavy atom. The normalized spacial score (nSPS) is 11.2. The minimum Gasteiger partial charge on any atom is -0.462 e. The number of carbonyl (C=O) groups is 6. The first-order valence-electron chi connectivity index (χ1n) is 24.4. The number of nitrogens with zero attached hydrogens (tertiary/aromatic N) is 2. The molecule has 0 heterocycles. The first-order chi connectivity index (χ1) is 35.7. The van der Waals surface area contributed by atoms with Crippen LogP contribution in [-0.4, -0.2) is 48.3 Å². The summed E-state index contributed by atoms with van der Waals surface area (Å²) in [7, 11) is 0. The van der Waals surface area contributed by atoms with Crippen LogP contribution in [-0.2, 0) is 19.1 Å². The molecular weight excluding hydrogens is 925 g/mol. The standard InChI is InChI=1S/C64H52N2O8/c1-7-73-63(71)62(64(72)74-8-2)61-59-37-49(47-17-31-55(32-18-47)65(51-23-9-43(10-24-51)39(3)67)52-25-11-44(12-26-52)40(4)68)21-35-57(59)58-36-22-50(38-60(58)61)48-19-33-56(34-20-48)66(53-27-13-45(14-28-53)41(5)69)54-29-15-46(16-30-54)42(6)70/h9-38H,7-8H2,1-6H3. The molecule has 9 rings (SSSR count).